The molecule has 0 aliphatic carbocycles. The van der Waals surface area contributed by atoms with Crippen molar-refractivity contribution in [2.45, 2.75) is 221 Å². The molecule has 0 aromatic rings. The number of alkyl halides is 1. The van der Waals surface area contributed by atoms with Crippen LogP contribution in [-0.2, 0) is 14.3 Å². The Morgan fingerprint density at radius 1 is 0.404 bits per heavy atom. The molecule has 0 saturated carbocycles. The van der Waals surface area contributed by atoms with Crippen molar-refractivity contribution in [3.8, 4) is 0 Å². The number of rotatable bonds is 37. The Balaban J connectivity index is 0. The van der Waals surface area contributed by atoms with Crippen LogP contribution >= 0.6 is 0 Å². The molecule has 4 nitrogen and oxygen atoms in total. The Bertz CT molecular complexity index is 667. The fourth-order valence-corrected chi connectivity index (χ4v) is 7.60. The predicted molar refractivity (Wildman–Crippen MR) is 208 cm³/mol. The first kappa shape index (κ1) is 48.9. The van der Waals surface area contributed by atoms with E-state index in [0.29, 0.717) is 19.4 Å². The summed E-state index contributed by atoms with van der Waals surface area (Å²) in [4.78, 5) is 0. The smallest absolute Gasteiger partial charge is 0.267 e. The molecule has 0 N–H and O–H groups in total. The van der Waals surface area contributed by atoms with E-state index in [1.165, 1.54) is 165 Å². The van der Waals surface area contributed by atoms with Gasteiger partial charge in [0.1, 0.15) is 0 Å². The molecule has 0 aromatic carbocycles. The topological polar surface area (TPSA) is 43.4 Å². The van der Waals surface area contributed by atoms with Crippen LogP contribution < -0.4 is 0 Å². The van der Waals surface area contributed by atoms with Crippen LogP contribution in [0.2, 0.25) is 0 Å². The van der Waals surface area contributed by atoms with Gasteiger partial charge in [-0.15, -0.1) is 0 Å². The van der Waals surface area contributed by atoms with E-state index in [1.807, 2.05) is 0 Å². The summed E-state index contributed by atoms with van der Waals surface area (Å²) < 4.78 is 42.6. The molecule has 0 amide bonds. The molecule has 0 unspecified atom stereocenters. The van der Waals surface area contributed by atoms with Crippen LogP contribution in [0.25, 0.3) is 0 Å². The number of unbranched alkanes of at least 4 members (excludes halogenated alkanes) is 27. The molecule has 0 fully saturated rings. The third kappa shape index (κ3) is 36.9. The molecule has 0 spiro atoms. The maximum atomic E-state index is 12.0. The first-order valence-electron chi connectivity index (χ1n) is 21.1. The molecule has 0 saturated heterocycles. The van der Waals surface area contributed by atoms with Crippen molar-refractivity contribution in [3.63, 3.8) is 0 Å². The molecule has 0 heterocycles. The molecule has 47 heavy (non-hydrogen) atoms. The fraction of sp³-hybridized carbons (Fsp3) is 1.00. The van der Waals surface area contributed by atoms with Gasteiger partial charge >= 0.3 is 0 Å². The van der Waals surface area contributed by atoms with E-state index >= 15 is 0 Å². The van der Waals surface area contributed by atoms with Gasteiger partial charge < -0.3 is 4.48 Å². The lowest BCUT2D eigenvalue weighted by Crippen LogP contribution is -2.47. The zero-order chi connectivity index (χ0) is 35.2. The van der Waals surface area contributed by atoms with E-state index in [0.717, 1.165) is 38.5 Å². The highest BCUT2D eigenvalue weighted by Gasteiger charge is 2.16. The molecule has 6 heteroatoms. The first-order valence-corrected chi connectivity index (χ1v) is 22.7. The Morgan fingerprint density at radius 3 is 0.957 bits per heavy atom. The average Bonchev–Trinajstić information content (AvgIpc) is 3.08. The monoisotopic (exact) mass is 693 g/mol. The lowest BCUT2D eigenvalue weighted by Gasteiger charge is -2.34. The minimum absolute atomic E-state index is 0.162. The van der Waals surface area contributed by atoms with Crippen LogP contribution in [0.5, 0.6) is 0 Å². The molecule has 0 rings (SSSR count). The normalized spacial score (nSPS) is 12.0. The number of halogens is 1. The van der Waals surface area contributed by atoms with Crippen molar-refractivity contribution in [1.82, 2.24) is 0 Å². The molecular weight excluding hydrogens is 606 g/mol. The van der Waals surface area contributed by atoms with Crippen LogP contribution in [0.4, 0.5) is 4.39 Å². The molecular formula is C41H87FNO3S+. The lowest BCUT2D eigenvalue weighted by atomic mass is 10.0. The summed E-state index contributed by atoms with van der Waals surface area (Å²) in [6, 6.07) is 0. The van der Waals surface area contributed by atoms with Gasteiger partial charge in [-0.05, 0) is 47.0 Å². The van der Waals surface area contributed by atoms with E-state index < -0.39 is 10.1 Å². The Labute approximate surface area is 296 Å². The summed E-state index contributed by atoms with van der Waals surface area (Å²) in [7, 11) is -3.35. The standard InChI is InChI=1S/C33H67FO3S.C8H20N/c1-2-3-4-5-6-7-8-9-10-11-12-13-14-15-17-20-23-26-29-32-37-38(35,36)33-30-27-24-21-18-16-19-22-25-28-31-34;1-5-9(6-2,7-3)8-4/h2-33H2,1H3;5-8H2,1-4H3/q;+1. The first-order chi connectivity index (χ1) is 22.9. The van der Waals surface area contributed by atoms with Gasteiger partial charge in [0.2, 0.25) is 0 Å². The van der Waals surface area contributed by atoms with Crippen LogP contribution in [0, 0.1) is 0 Å². The van der Waals surface area contributed by atoms with Crippen molar-refractivity contribution in [2.75, 3.05) is 45.2 Å². The minimum Gasteiger partial charge on any atom is -0.325 e. The SMILES string of the molecule is CCCCCCCCCCCCCCCCCCCCCOS(=O)(=O)CCCCCCCCCCCCF.CC[N+](CC)(CC)CC. The number of hydrogen-bond acceptors (Lipinski definition) is 3. The zero-order valence-electron chi connectivity index (χ0n) is 32.9. The summed E-state index contributed by atoms with van der Waals surface area (Å²) in [6.45, 7) is 16.7. The third-order valence-corrected chi connectivity index (χ3v) is 11.8. The quantitative estimate of drug-likeness (QED) is 0.0370. The molecule has 286 valence electrons. The summed E-state index contributed by atoms with van der Waals surface area (Å²) in [6.07, 6.45) is 35.9. The second kappa shape index (κ2) is 38.6. The zero-order valence-corrected chi connectivity index (χ0v) is 33.7. The molecule has 0 bridgehead atoms. The van der Waals surface area contributed by atoms with Crippen LogP contribution in [0.3, 0.4) is 0 Å². The van der Waals surface area contributed by atoms with Gasteiger partial charge in [-0.1, -0.05) is 174 Å². The van der Waals surface area contributed by atoms with E-state index in [4.69, 9.17) is 4.18 Å². The largest absolute Gasteiger partial charge is 0.325 e. The maximum Gasteiger partial charge on any atom is 0.267 e. The fourth-order valence-electron chi connectivity index (χ4n) is 6.55. The van der Waals surface area contributed by atoms with Crippen molar-refractivity contribution in [3.05, 3.63) is 0 Å². The second-order valence-corrected chi connectivity index (χ2v) is 16.0. The van der Waals surface area contributed by atoms with Crippen LogP contribution in [-0.4, -0.2) is 58.1 Å². The summed E-state index contributed by atoms with van der Waals surface area (Å²) in [5.41, 5.74) is 0. The third-order valence-electron chi connectivity index (χ3n) is 10.5. The van der Waals surface area contributed by atoms with Crippen LogP contribution in [0.15, 0.2) is 0 Å². The second-order valence-electron chi connectivity index (χ2n) is 14.3. The minimum atomic E-state index is -3.35. The van der Waals surface area contributed by atoms with Crippen molar-refractivity contribution in [1.29, 1.82) is 0 Å². The molecule has 0 radical (unpaired) electrons. The highest BCUT2D eigenvalue weighted by atomic mass is 32.2. The van der Waals surface area contributed by atoms with Gasteiger partial charge in [0.25, 0.3) is 10.1 Å². The van der Waals surface area contributed by atoms with Gasteiger partial charge in [0.15, 0.2) is 0 Å². The predicted octanol–water partition coefficient (Wildman–Crippen LogP) is 13.5. The van der Waals surface area contributed by atoms with Gasteiger partial charge in [0, 0.05) is 0 Å². The molecule has 0 aromatic heterocycles. The number of nitrogens with zero attached hydrogens (tertiary/aromatic N) is 1. The Morgan fingerprint density at radius 2 is 0.681 bits per heavy atom. The highest BCUT2D eigenvalue weighted by Crippen LogP contribution is 2.15. The van der Waals surface area contributed by atoms with Gasteiger partial charge in [-0.25, -0.2) is 0 Å². The van der Waals surface area contributed by atoms with Crippen LogP contribution in [0.1, 0.15) is 221 Å². The van der Waals surface area contributed by atoms with E-state index in [-0.39, 0.29) is 12.4 Å². The number of hydrogen-bond donors (Lipinski definition) is 0. The van der Waals surface area contributed by atoms with Gasteiger partial charge in [0.05, 0.1) is 45.2 Å². The summed E-state index contributed by atoms with van der Waals surface area (Å²) in [5.74, 6) is 0.162. The van der Waals surface area contributed by atoms with Crippen molar-refractivity contribution < 1.29 is 21.5 Å². The van der Waals surface area contributed by atoms with E-state index in [1.54, 1.807) is 0 Å². The Hall–Kier alpha value is -0.200. The lowest BCUT2D eigenvalue weighted by molar-refractivity contribution is -0.921. The van der Waals surface area contributed by atoms with Gasteiger partial charge in [-0.3, -0.25) is 8.57 Å². The molecule has 0 atom stereocenters. The number of quaternary nitrogens is 1. The molecule has 0 aliphatic heterocycles. The van der Waals surface area contributed by atoms with E-state index in [9.17, 15) is 12.8 Å². The van der Waals surface area contributed by atoms with Gasteiger partial charge in [-0.2, -0.15) is 8.42 Å². The van der Waals surface area contributed by atoms with Crippen molar-refractivity contribution >= 4 is 10.1 Å². The highest BCUT2D eigenvalue weighted by molar-refractivity contribution is 7.86. The van der Waals surface area contributed by atoms with Crippen molar-refractivity contribution in [2.24, 2.45) is 0 Å². The maximum absolute atomic E-state index is 12.0. The molecule has 0 aliphatic rings. The summed E-state index contributed by atoms with van der Waals surface area (Å²) in [5, 5.41) is 0. The van der Waals surface area contributed by atoms with E-state index in [2.05, 4.69) is 34.6 Å². The Kier molecular flexibility index (Phi) is 40.2. The summed E-state index contributed by atoms with van der Waals surface area (Å²) >= 11 is 0. The average molecular weight is 693 g/mol.